The Morgan fingerprint density at radius 1 is 1.03 bits per heavy atom. The third-order valence-electron chi connectivity index (χ3n) is 5.23. The molecular formula is C25H28ClNO3. The van der Waals surface area contributed by atoms with Crippen molar-refractivity contribution in [3.63, 3.8) is 0 Å². The minimum atomic E-state index is -0.778. The normalized spacial score (nSPS) is 15.9. The number of carbonyl (C=O) groups excluding carboxylic acids is 2. The Balaban J connectivity index is 2.16. The highest BCUT2D eigenvalue weighted by atomic mass is 35.5. The Morgan fingerprint density at radius 2 is 1.63 bits per heavy atom. The van der Waals surface area contributed by atoms with Crippen LogP contribution in [0.15, 0.2) is 42.2 Å². The van der Waals surface area contributed by atoms with E-state index in [1.54, 1.807) is 20.8 Å². The molecule has 1 amide bonds. The number of esters is 1. The van der Waals surface area contributed by atoms with Crippen LogP contribution >= 0.6 is 11.6 Å². The zero-order chi connectivity index (χ0) is 22.4. The van der Waals surface area contributed by atoms with Crippen LogP contribution in [0.4, 0.5) is 0 Å². The molecule has 1 aliphatic rings. The molecule has 1 aliphatic heterocycles. The molecule has 1 N–H and O–H groups in total. The van der Waals surface area contributed by atoms with E-state index in [1.165, 1.54) is 0 Å². The Labute approximate surface area is 183 Å². The Kier molecular flexibility index (Phi) is 5.59. The summed E-state index contributed by atoms with van der Waals surface area (Å²) in [6, 6.07) is 11.7. The van der Waals surface area contributed by atoms with E-state index in [1.807, 2.05) is 64.1 Å². The van der Waals surface area contributed by atoms with Gasteiger partial charge in [0.1, 0.15) is 5.76 Å². The fourth-order valence-electron chi connectivity index (χ4n) is 3.54. The maximum atomic E-state index is 12.9. The van der Waals surface area contributed by atoms with E-state index in [0.29, 0.717) is 16.4 Å². The summed E-state index contributed by atoms with van der Waals surface area (Å²) >= 11 is 6.17. The smallest absolute Gasteiger partial charge is 0.316 e. The van der Waals surface area contributed by atoms with Crippen molar-refractivity contribution in [1.29, 1.82) is 0 Å². The molecule has 0 fully saturated rings. The summed E-state index contributed by atoms with van der Waals surface area (Å²) in [7, 11) is 0. The Morgan fingerprint density at radius 3 is 2.23 bits per heavy atom. The molecule has 0 aliphatic carbocycles. The van der Waals surface area contributed by atoms with Crippen molar-refractivity contribution in [2.75, 3.05) is 0 Å². The summed E-state index contributed by atoms with van der Waals surface area (Å²) in [5.41, 5.74) is 3.70. The molecule has 0 unspecified atom stereocenters. The second-order valence-electron chi connectivity index (χ2n) is 9.42. The van der Waals surface area contributed by atoms with Crippen molar-refractivity contribution in [1.82, 2.24) is 5.32 Å². The van der Waals surface area contributed by atoms with Gasteiger partial charge in [0, 0.05) is 5.02 Å². The van der Waals surface area contributed by atoms with Crippen LogP contribution in [0, 0.1) is 19.3 Å². The standard InChI is InChI=1S/C25H28ClNO3/c1-14-12-19(15(2)11-18(14)16-9-8-10-17(26)13-16)20-21(25(6,7)27-22(20)28)30-23(29)24(3,4)5/h8-13H,1-7H3,(H,27,28). The van der Waals surface area contributed by atoms with Crippen LogP contribution in [0.3, 0.4) is 0 Å². The van der Waals surface area contributed by atoms with Crippen LogP contribution < -0.4 is 5.32 Å². The Bertz CT molecular complexity index is 1070. The third-order valence-corrected chi connectivity index (χ3v) is 5.47. The second kappa shape index (κ2) is 7.59. The second-order valence-corrected chi connectivity index (χ2v) is 9.85. The quantitative estimate of drug-likeness (QED) is 0.629. The molecule has 0 atom stereocenters. The number of rotatable bonds is 3. The third kappa shape index (κ3) is 4.15. The van der Waals surface area contributed by atoms with Crippen molar-refractivity contribution >= 4 is 29.1 Å². The first-order valence-electron chi connectivity index (χ1n) is 9.98. The molecule has 0 spiro atoms. The average Bonchev–Trinajstić information content (AvgIpc) is 2.84. The van der Waals surface area contributed by atoms with Gasteiger partial charge in [0.05, 0.1) is 16.5 Å². The minimum absolute atomic E-state index is 0.241. The van der Waals surface area contributed by atoms with Gasteiger partial charge in [-0.25, -0.2) is 0 Å². The number of aryl methyl sites for hydroxylation is 2. The van der Waals surface area contributed by atoms with Crippen LogP contribution in [0.2, 0.25) is 5.02 Å². The summed E-state index contributed by atoms with van der Waals surface area (Å²) in [6.07, 6.45) is 0. The highest BCUT2D eigenvalue weighted by Crippen LogP contribution is 2.38. The van der Waals surface area contributed by atoms with Gasteiger partial charge in [0.15, 0.2) is 0 Å². The van der Waals surface area contributed by atoms with Crippen molar-refractivity contribution < 1.29 is 14.3 Å². The van der Waals surface area contributed by atoms with Gasteiger partial charge in [-0.15, -0.1) is 0 Å². The lowest BCUT2D eigenvalue weighted by atomic mass is 9.90. The van der Waals surface area contributed by atoms with Gasteiger partial charge in [0.25, 0.3) is 5.91 Å². The summed E-state index contributed by atoms with van der Waals surface area (Å²) in [5.74, 6) is -0.246. The molecule has 0 aromatic heterocycles. The van der Waals surface area contributed by atoms with Crippen LogP contribution in [0.1, 0.15) is 51.3 Å². The zero-order valence-electron chi connectivity index (χ0n) is 18.6. The summed E-state index contributed by atoms with van der Waals surface area (Å²) in [4.78, 5) is 25.5. The summed E-state index contributed by atoms with van der Waals surface area (Å²) in [5, 5.41) is 3.61. The molecule has 2 aromatic carbocycles. The van der Waals surface area contributed by atoms with Crippen molar-refractivity contribution in [2.45, 2.75) is 54.0 Å². The molecule has 1 heterocycles. The largest absolute Gasteiger partial charge is 0.427 e. The molecule has 5 heteroatoms. The molecule has 3 rings (SSSR count). The zero-order valence-corrected chi connectivity index (χ0v) is 19.3. The van der Waals surface area contributed by atoms with Crippen LogP contribution in [-0.4, -0.2) is 17.4 Å². The predicted molar refractivity (Wildman–Crippen MR) is 121 cm³/mol. The van der Waals surface area contributed by atoms with Crippen molar-refractivity contribution in [3.05, 3.63) is 63.9 Å². The van der Waals surface area contributed by atoms with E-state index in [9.17, 15) is 9.59 Å². The van der Waals surface area contributed by atoms with Crippen LogP contribution in [0.25, 0.3) is 16.7 Å². The fraction of sp³-hybridized carbons (Fsp3) is 0.360. The number of halogens is 1. The minimum Gasteiger partial charge on any atom is -0.427 e. The van der Waals surface area contributed by atoms with E-state index >= 15 is 0 Å². The monoisotopic (exact) mass is 425 g/mol. The van der Waals surface area contributed by atoms with Gasteiger partial charge in [-0.2, -0.15) is 0 Å². The predicted octanol–water partition coefficient (Wildman–Crippen LogP) is 5.83. The number of benzene rings is 2. The Hall–Kier alpha value is -2.59. The SMILES string of the molecule is Cc1cc(-c2cccc(Cl)c2)c(C)cc1C1=C(OC(=O)C(C)(C)C)C(C)(C)NC1=O. The number of hydrogen-bond donors (Lipinski definition) is 1. The molecule has 158 valence electrons. The lowest BCUT2D eigenvalue weighted by Crippen LogP contribution is -2.40. The first-order valence-corrected chi connectivity index (χ1v) is 10.4. The lowest BCUT2D eigenvalue weighted by molar-refractivity contribution is -0.149. The maximum absolute atomic E-state index is 12.9. The molecule has 0 saturated carbocycles. The van der Waals surface area contributed by atoms with E-state index in [4.69, 9.17) is 16.3 Å². The number of nitrogens with one attached hydrogen (secondary N) is 1. The molecule has 0 radical (unpaired) electrons. The number of hydrogen-bond acceptors (Lipinski definition) is 3. The molecular weight excluding hydrogens is 398 g/mol. The number of ether oxygens (including phenoxy) is 1. The van der Waals surface area contributed by atoms with Gasteiger partial charge in [0.2, 0.25) is 0 Å². The van der Waals surface area contributed by atoms with E-state index in [-0.39, 0.29) is 11.9 Å². The van der Waals surface area contributed by atoms with E-state index in [0.717, 1.165) is 27.8 Å². The van der Waals surface area contributed by atoms with Crippen molar-refractivity contribution in [2.24, 2.45) is 5.41 Å². The maximum Gasteiger partial charge on any atom is 0.316 e. The van der Waals surface area contributed by atoms with Crippen LogP contribution in [-0.2, 0) is 14.3 Å². The molecule has 0 bridgehead atoms. The summed E-state index contributed by atoms with van der Waals surface area (Å²) in [6.45, 7) is 13.0. The van der Waals surface area contributed by atoms with E-state index in [2.05, 4.69) is 5.32 Å². The van der Waals surface area contributed by atoms with Gasteiger partial charge >= 0.3 is 5.97 Å². The topological polar surface area (TPSA) is 55.4 Å². The van der Waals surface area contributed by atoms with Crippen LogP contribution in [0.5, 0.6) is 0 Å². The average molecular weight is 426 g/mol. The summed E-state index contributed by atoms with van der Waals surface area (Å²) < 4.78 is 5.79. The molecule has 4 nitrogen and oxygen atoms in total. The highest BCUT2D eigenvalue weighted by Gasteiger charge is 2.43. The van der Waals surface area contributed by atoms with Crippen molar-refractivity contribution in [3.8, 4) is 11.1 Å². The van der Waals surface area contributed by atoms with Gasteiger partial charge in [-0.05, 0) is 88.4 Å². The fourth-order valence-corrected chi connectivity index (χ4v) is 3.73. The number of amides is 1. The highest BCUT2D eigenvalue weighted by molar-refractivity contribution is 6.30. The molecule has 2 aromatic rings. The number of carbonyl (C=O) groups is 2. The van der Waals surface area contributed by atoms with Gasteiger partial charge < -0.3 is 10.1 Å². The van der Waals surface area contributed by atoms with E-state index < -0.39 is 11.0 Å². The molecule has 30 heavy (non-hydrogen) atoms. The molecule has 0 saturated heterocycles. The first kappa shape index (κ1) is 22.1. The first-order chi connectivity index (χ1) is 13.8. The lowest BCUT2D eigenvalue weighted by Gasteiger charge is -2.25. The van der Waals surface area contributed by atoms with Gasteiger partial charge in [-0.1, -0.05) is 35.9 Å². The van der Waals surface area contributed by atoms with Gasteiger partial charge in [-0.3, -0.25) is 9.59 Å².